The Balaban J connectivity index is 2.04. The average molecular weight is 277 g/mol. The Labute approximate surface area is 124 Å². The molecule has 0 amide bonds. The number of fused-ring (bicyclic) bond motifs is 1. The normalized spacial score (nSPS) is 11.0. The fourth-order valence-corrected chi connectivity index (χ4v) is 2.78. The summed E-state index contributed by atoms with van der Waals surface area (Å²) in [6.45, 7) is 4.80. The van der Waals surface area contributed by atoms with Gasteiger partial charge in [0.2, 0.25) is 0 Å². The molecule has 0 saturated carbocycles. The molecule has 0 bridgehead atoms. The zero-order valence-electron chi connectivity index (χ0n) is 12.5. The standard InChI is InChI=1S/C19H19NO/c1-14-8-9-18-17(12-14)15(2)13-19(21)20(18)11-10-16-6-4-3-5-7-16/h3-9,12-13H,10-11H2,1-2H3. The van der Waals surface area contributed by atoms with Gasteiger partial charge in [-0.25, -0.2) is 0 Å². The fraction of sp³-hybridized carbons (Fsp3) is 0.211. The van der Waals surface area contributed by atoms with Crippen molar-refractivity contribution < 1.29 is 0 Å². The van der Waals surface area contributed by atoms with Crippen LogP contribution in [-0.4, -0.2) is 4.57 Å². The first kappa shape index (κ1) is 13.6. The first-order valence-electron chi connectivity index (χ1n) is 7.30. The predicted octanol–water partition coefficient (Wildman–Crippen LogP) is 3.86. The molecule has 3 rings (SSSR count). The smallest absolute Gasteiger partial charge is 0.251 e. The first-order valence-corrected chi connectivity index (χ1v) is 7.30. The van der Waals surface area contributed by atoms with E-state index >= 15 is 0 Å². The molecule has 0 radical (unpaired) electrons. The minimum atomic E-state index is 0.0831. The number of benzene rings is 2. The summed E-state index contributed by atoms with van der Waals surface area (Å²) in [6.07, 6.45) is 0.868. The Morgan fingerprint density at radius 2 is 1.71 bits per heavy atom. The maximum absolute atomic E-state index is 12.3. The van der Waals surface area contributed by atoms with Crippen LogP contribution in [0.15, 0.2) is 59.4 Å². The summed E-state index contributed by atoms with van der Waals surface area (Å²) in [4.78, 5) is 12.3. The predicted molar refractivity (Wildman–Crippen MR) is 87.8 cm³/mol. The van der Waals surface area contributed by atoms with Crippen LogP contribution in [0.2, 0.25) is 0 Å². The van der Waals surface area contributed by atoms with Crippen LogP contribution in [0.1, 0.15) is 16.7 Å². The second kappa shape index (κ2) is 5.57. The van der Waals surface area contributed by atoms with Crippen molar-refractivity contribution in [2.24, 2.45) is 0 Å². The molecule has 0 fully saturated rings. The number of hydrogen-bond acceptors (Lipinski definition) is 1. The van der Waals surface area contributed by atoms with Crippen molar-refractivity contribution in [3.8, 4) is 0 Å². The van der Waals surface area contributed by atoms with E-state index in [0.29, 0.717) is 6.54 Å². The highest BCUT2D eigenvalue weighted by Gasteiger charge is 2.06. The minimum Gasteiger partial charge on any atom is -0.308 e. The third-order valence-electron chi connectivity index (χ3n) is 3.94. The lowest BCUT2D eigenvalue weighted by atomic mass is 10.1. The van der Waals surface area contributed by atoms with E-state index in [1.807, 2.05) is 29.7 Å². The van der Waals surface area contributed by atoms with Gasteiger partial charge in [0.25, 0.3) is 5.56 Å². The van der Waals surface area contributed by atoms with Gasteiger partial charge in [-0.05, 0) is 43.5 Å². The van der Waals surface area contributed by atoms with Gasteiger partial charge in [0.1, 0.15) is 0 Å². The van der Waals surface area contributed by atoms with Gasteiger partial charge >= 0.3 is 0 Å². The van der Waals surface area contributed by atoms with Gasteiger partial charge in [0.15, 0.2) is 0 Å². The summed E-state index contributed by atoms with van der Waals surface area (Å²) < 4.78 is 1.88. The third kappa shape index (κ3) is 2.75. The first-order chi connectivity index (χ1) is 10.1. The second-order valence-electron chi connectivity index (χ2n) is 5.57. The van der Waals surface area contributed by atoms with Crippen molar-refractivity contribution in [1.82, 2.24) is 4.57 Å². The molecule has 0 spiro atoms. The van der Waals surface area contributed by atoms with E-state index in [0.717, 1.165) is 17.5 Å². The molecule has 106 valence electrons. The molecule has 0 N–H and O–H groups in total. The Bertz CT molecular complexity index is 831. The molecular formula is C19H19NO. The monoisotopic (exact) mass is 277 g/mol. The van der Waals surface area contributed by atoms with Crippen LogP contribution in [-0.2, 0) is 13.0 Å². The molecule has 0 aliphatic heterocycles. The zero-order valence-corrected chi connectivity index (χ0v) is 12.5. The molecule has 2 nitrogen and oxygen atoms in total. The van der Waals surface area contributed by atoms with Crippen molar-refractivity contribution in [1.29, 1.82) is 0 Å². The maximum atomic E-state index is 12.3. The molecule has 0 unspecified atom stereocenters. The maximum Gasteiger partial charge on any atom is 0.251 e. The summed E-state index contributed by atoms with van der Waals surface area (Å²) in [5.41, 5.74) is 4.64. The van der Waals surface area contributed by atoms with Crippen molar-refractivity contribution in [3.63, 3.8) is 0 Å². The summed E-state index contributed by atoms with van der Waals surface area (Å²) in [5, 5.41) is 1.17. The molecule has 21 heavy (non-hydrogen) atoms. The SMILES string of the molecule is Cc1ccc2c(c1)c(C)cc(=O)n2CCc1ccccc1. The molecule has 1 heterocycles. The Morgan fingerprint density at radius 1 is 0.952 bits per heavy atom. The molecular weight excluding hydrogens is 258 g/mol. The summed E-state index contributed by atoms with van der Waals surface area (Å²) in [5.74, 6) is 0. The van der Waals surface area contributed by atoms with Gasteiger partial charge in [-0.3, -0.25) is 4.79 Å². The van der Waals surface area contributed by atoms with Crippen LogP contribution >= 0.6 is 0 Å². The number of hydrogen-bond donors (Lipinski definition) is 0. The number of pyridine rings is 1. The average Bonchev–Trinajstić information content (AvgIpc) is 2.48. The van der Waals surface area contributed by atoms with E-state index in [1.165, 1.54) is 16.5 Å². The van der Waals surface area contributed by atoms with Crippen molar-refractivity contribution >= 4 is 10.9 Å². The van der Waals surface area contributed by atoms with Crippen LogP contribution in [0.4, 0.5) is 0 Å². The fourth-order valence-electron chi connectivity index (χ4n) is 2.78. The number of rotatable bonds is 3. The lowest BCUT2D eigenvalue weighted by molar-refractivity contribution is 0.694. The Kier molecular flexibility index (Phi) is 3.61. The summed E-state index contributed by atoms with van der Waals surface area (Å²) in [6, 6.07) is 18.3. The van der Waals surface area contributed by atoms with Gasteiger partial charge in [0, 0.05) is 18.0 Å². The van der Waals surface area contributed by atoms with Crippen LogP contribution in [0.25, 0.3) is 10.9 Å². The largest absolute Gasteiger partial charge is 0.308 e. The lowest BCUT2D eigenvalue weighted by Crippen LogP contribution is -2.21. The molecule has 0 aliphatic rings. The number of aryl methyl sites for hydroxylation is 4. The highest BCUT2D eigenvalue weighted by atomic mass is 16.1. The Morgan fingerprint density at radius 3 is 2.48 bits per heavy atom. The van der Waals surface area contributed by atoms with E-state index in [4.69, 9.17) is 0 Å². The highest BCUT2D eigenvalue weighted by Crippen LogP contribution is 2.18. The zero-order chi connectivity index (χ0) is 14.8. The van der Waals surface area contributed by atoms with Crippen LogP contribution in [0.3, 0.4) is 0 Å². The van der Waals surface area contributed by atoms with E-state index < -0.39 is 0 Å². The van der Waals surface area contributed by atoms with Crippen molar-refractivity contribution in [2.75, 3.05) is 0 Å². The molecule has 2 heteroatoms. The summed E-state index contributed by atoms with van der Waals surface area (Å²) >= 11 is 0. The molecule has 2 aromatic carbocycles. The third-order valence-corrected chi connectivity index (χ3v) is 3.94. The molecule has 3 aromatic rings. The van der Waals surface area contributed by atoms with E-state index in [1.54, 1.807) is 6.07 Å². The molecule has 1 aromatic heterocycles. The topological polar surface area (TPSA) is 22.0 Å². The van der Waals surface area contributed by atoms with Gasteiger partial charge in [-0.1, -0.05) is 42.0 Å². The second-order valence-corrected chi connectivity index (χ2v) is 5.57. The molecule has 0 aliphatic carbocycles. The lowest BCUT2D eigenvalue weighted by Gasteiger charge is -2.12. The summed E-state index contributed by atoms with van der Waals surface area (Å²) in [7, 11) is 0. The number of aromatic nitrogens is 1. The quantitative estimate of drug-likeness (QED) is 0.712. The van der Waals surface area contributed by atoms with Crippen LogP contribution in [0.5, 0.6) is 0 Å². The van der Waals surface area contributed by atoms with Gasteiger partial charge in [0.05, 0.1) is 5.52 Å². The van der Waals surface area contributed by atoms with E-state index in [-0.39, 0.29) is 5.56 Å². The van der Waals surface area contributed by atoms with Crippen molar-refractivity contribution in [2.45, 2.75) is 26.8 Å². The van der Waals surface area contributed by atoms with Gasteiger partial charge < -0.3 is 4.57 Å². The molecule has 0 atom stereocenters. The van der Waals surface area contributed by atoms with Gasteiger partial charge in [-0.2, -0.15) is 0 Å². The van der Waals surface area contributed by atoms with E-state index in [9.17, 15) is 4.79 Å². The van der Waals surface area contributed by atoms with E-state index in [2.05, 4.69) is 37.3 Å². The highest BCUT2D eigenvalue weighted by molar-refractivity contribution is 5.83. The molecule has 0 saturated heterocycles. The van der Waals surface area contributed by atoms with Crippen molar-refractivity contribution in [3.05, 3.63) is 81.6 Å². The van der Waals surface area contributed by atoms with Gasteiger partial charge in [-0.15, -0.1) is 0 Å². The Hall–Kier alpha value is -2.35. The van der Waals surface area contributed by atoms with Crippen LogP contribution < -0.4 is 5.56 Å². The van der Waals surface area contributed by atoms with Crippen LogP contribution in [0, 0.1) is 13.8 Å². The number of nitrogens with zero attached hydrogens (tertiary/aromatic N) is 1. The minimum absolute atomic E-state index is 0.0831.